The molecule has 162 valence electrons. The molecule has 8 heteroatoms. The highest BCUT2D eigenvalue weighted by Gasteiger charge is 2.14. The number of sulfonamides is 1. The number of hydrogen-bond acceptors (Lipinski definition) is 5. The Kier molecular flexibility index (Phi) is 6.44. The first-order valence-corrected chi connectivity index (χ1v) is 11.5. The van der Waals surface area contributed by atoms with Gasteiger partial charge in [0.05, 0.1) is 17.1 Å². The number of hydrogen-bond donors (Lipinski definition) is 1. The van der Waals surface area contributed by atoms with Crippen LogP contribution < -0.4 is 15.0 Å². The molecule has 4 aromatic rings. The molecule has 0 saturated carbocycles. The van der Waals surface area contributed by atoms with E-state index in [1.165, 1.54) is 22.9 Å². The van der Waals surface area contributed by atoms with E-state index in [4.69, 9.17) is 4.74 Å². The van der Waals surface area contributed by atoms with E-state index < -0.39 is 10.0 Å². The first-order chi connectivity index (χ1) is 15.5. The number of ether oxygens (including phenoxy) is 1. The second kappa shape index (κ2) is 9.59. The van der Waals surface area contributed by atoms with Gasteiger partial charge in [0.1, 0.15) is 11.5 Å². The molecule has 0 fully saturated rings. The normalized spacial score (nSPS) is 11.2. The Morgan fingerprint density at radius 3 is 2.09 bits per heavy atom. The van der Waals surface area contributed by atoms with E-state index in [9.17, 15) is 13.2 Å². The minimum absolute atomic E-state index is 0.0236. The Morgan fingerprint density at radius 1 is 0.781 bits per heavy atom. The Morgan fingerprint density at radius 2 is 1.41 bits per heavy atom. The maximum atomic E-state index is 12.6. The molecule has 4 rings (SSSR count). The molecule has 32 heavy (non-hydrogen) atoms. The summed E-state index contributed by atoms with van der Waals surface area (Å²) in [4.78, 5) is 12.2. The van der Waals surface area contributed by atoms with E-state index in [-0.39, 0.29) is 23.5 Å². The molecule has 0 saturated heterocycles. The lowest BCUT2D eigenvalue weighted by Gasteiger charge is -2.10. The summed E-state index contributed by atoms with van der Waals surface area (Å²) in [5, 5.41) is 4.34. The lowest BCUT2D eigenvalue weighted by molar-refractivity contribution is 0.482. The second-order valence-corrected chi connectivity index (χ2v) is 8.70. The summed E-state index contributed by atoms with van der Waals surface area (Å²) in [5.41, 5.74) is 1.22. The van der Waals surface area contributed by atoms with Gasteiger partial charge in [-0.05, 0) is 42.5 Å². The molecule has 0 aliphatic rings. The molecule has 1 N–H and O–H groups in total. The zero-order valence-electron chi connectivity index (χ0n) is 17.1. The van der Waals surface area contributed by atoms with Crippen LogP contribution in [0, 0.1) is 0 Å². The SMILES string of the molecule is O=c1ccc(-c2ccccc2)nn1CCNS(=O)(=O)c1ccc(Oc2ccccc2)cc1. The zero-order chi connectivity index (χ0) is 22.4. The molecule has 3 aromatic carbocycles. The molecular weight excluding hydrogens is 426 g/mol. The molecule has 0 atom stereocenters. The molecule has 1 aromatic heterocycles. The molecule has 7 nitrogen and oxygen atoms in total. The largest absolute Gasteiger partial charge is 0.457 e. The average Bonchev–Trinajstić information content (AvgIpc) is 2.82. The average molecular weight is 448 g/mol. The summed E-state index contributed by atoms with van der Waals surface area (Å²) in [6.07, 6.45) is 0. The van der Waals surface area contributed by atoms with Crippen LogP contribution in [0.1, 0.15) is 0 Å². The second-order valence-electron chi connectivity index (χ2n) is 6.93. The summed E-state index contributed by atoms with van der Waals surface area (Å²) >= 11 is 0. The van der Waals surface area contributed by atoms with E-state index >= 15 is 0 Å². The van der Waals surface area contributed by atoms with Gasteiger partial charge in [-0.3, -0.25) is 4.79 Å². The van der Waals surface area contributed by atoms with Gasteiger partial charge >= 0.3 is 0 Å². The molecule has 0 amide bonds. The summed E-state index contributed by atoms with van der Waals surface area (Å²) in [6.45, 7) is 0.129. The van der Waals surface area contributed by atoms with Crippen LogP contribution in [0.15, 0.2) is 107 Å². The van der Waals surface area contributed by atoms with Crippen molar-refractivity contribution in [2.24, 2.45) is 0 Å². The Labute approximate surface area is 186 Å². The Bertz CT molecular complexity index is 1340. The molecule has 0 spiro atoms. The lowest BCUT2D eigenvalue weighted by Crippen LogP contribution is -2.32. The van der Waals surface area contributed by atoms with E-state index in [0.29, 0.717) is 17.2 Å². The smallest absolute Gasteiger partial charge is 0.266 e. The van der Waals surface area contributed by atoms with Crippen LogP contribution in [-0.2, 0) is 16.6 Å². The number of para-hydroxylation sites is 1. The number of rotatable bonds is 8. The molecule has 0 aliphatic carbocycles. The van der Waals surface area contributed by atoms with Crippen molar-refractivity contribution in [3.8, 4) is 22.8 Å². The van der Waals surface area contributed by atoms with E-state index in [1.54, 1.807) is 18.2 Å². The van der Waals surface area contributed by atoms with Gasteiger partial charge in [-0.2, -0.15) is 5.10 Å². The standard InChI is InChI=1S/C24H21N3O4S/c28-24-16-15-23(19-7-3-1-4-8-19)26-27(24)18-17-25-32(29,30)22-13-11-21(12-14-22)31-20-9-5-2-6-10-20/h1-16,25H,17-18H2. The predicted molar refractivity (Wildman–Crippen MR) is 122 cm³/mol. The van der Waals surface area contributed by atoms with Gasteiger partial charge in [-0.1, -0.05) is 48.5 Å². The van der Waals surface area contributed by atoms with Crippen LogP contribution >= 0.6 is 0 Å². The van der Waals surface area contributed by atoms with E-state index in [2.05, 4.69) is 9.82 Å². The van der Waals surface area contributed by atoms with Crippen LogP contribution in [0.3, 0.4) is 0 Å². The van der Waals surface area contributed by atoms with Gasteiger partial charge in [-0.15, -0.1) is 0 Å². The zero-order valence-corrected chi connectivity index (χ0v) is 17.9. The number of aromatic nitrogens is 2. The van der Waals surface area contributed by atoms with Crippen molar-refractivity contribution in [2.45, 2.75) is 11.4 Å². The molecule has 0 unspecified atom stereocenters. The highest BCUT2D eigenvalue weighted by molar-refractivity contribution is 7.89. The van der Waals surface area contributed by atoms with Gasteiger partial charge in [0.25, 0.3) is 5.56 Å². The topological polar surface area (TPSA) is 90.3 Å². The fourth-order valence-electron chi connectivity index (χ4n) is 3.05. The highest BCUT2D eigenvalue weighted by Crippen LogP contribution is 2.22. The summed E-state index contributed by atoms with van der Waals surface area (Å²) in [6, 6.07) is 27.9. The quantitative estimate of drug-likeness (QED) is 0.445. The van der Waals surface area contributed by atoms with E-state index in [1.807, 2.05) is 60.7 Å². The van der Waals surface area contributed by atoms with Crippen LogP contribution in [0.2, 0.25) is 0 Å². The van der Waals surface area contributed by atoms with Crippen molar-refractivity contribution in [1.82, 2.24) is 14.5 Å². The molecule has 1 heterocycles. The number of nitrogens with zero attached hydrogens (tertiary/aromatic N) is 2. The fraction of sp³-hybridized carbons (Fsp3) is 0.0833. The van der Waals surface area contributed by atoms with Crippen molar-refractivity contribution < 1.29 is 13.2 Å². The minimum Gasteiger partial charge on any atom is -0.457 e. The molecular formula is C24H21N3O4S. The molecule has 0 aliphatic heterocycles. The molecule has 0 bridgehead atoms. The summed E-state index contributed by atoms with van der Waals surface area (Å²) in [5.74, 6) is 1.19. The fourth-order valence-corrected chi connectivity index (χ4v) is 4.07. The maximum Gasteiger partial charge on any atom is 0.266 e. The Balaban J connectivity index is 1.40. The van der Waals surface area contributed by atoms with Gasteiger partial charge in [-0.25, -0.2) is 17.8 Å². The van der Waals surface area contributed by atoms with Crippen molar-refractivity contribution >= 4 is 10.0 Å². The summed E-state index contributed by atoms with van der Waals surface area (Å²) in [7, 11) is -3.74. The Hall–Kier alpha value is -3.75. The van der Waals surface area contributed by atoms with Gasteiger partial charge in [0.15, 0.2) is 0 Å². The lowest BCUT2D eigenvalue weighted by atomic mass is 10.1. The van der Waals surface area contributed by atoms with E-state index in [0.717, 1.165) is 5.56 Å². The van der Waals surface area contributed by atoms with Crippen molar-refractivity contribution in [2.75, 3.05) is 6.54 Å². The van der Waals surface area contributed by atoms with Crippen molar-refractivity contribution in [1.29, 1.82) is 0 Å². The third kappa shape index (κ3) is 5.29. The highest BCUT2D eigenvalue weighted by atomic mass is 32.2. The minimum atomic E-state index is -3.74. The number of nitrogens with one attached hydrogen (secondary N) is 1. The predicted octanol–water partition coefficient (Wildman–Crippen LogP) is 3.68. The number of benzene rings is 3. The molecule has 0 radical (unpaired) electrons. The third-order valence-electron chi connectivity index (χ3n) is 4.66. The maximum absolute atomic E-state index is 12.6. The first-order valence-electron chi connectivity index (χ1n) is 9.97. The third-order valence-corrected chi connectivity index (χ3v) is 6.14. The van der Waals surface area contributed by atoms with Crippen LogP contribution in [0.5, 0.6) is 11.5 Å². The monoisotopic (exact) mass is 447 g/mol. The van der Waals surface area contributed by atoms with Crippen LogP contribution in [0.25, 0.3) is 11.3 Å². The first kappa shape index (κ1) is 21.5. The van der Waals surface area contributed by atoms with Gasteiger partial charge in [0, 0.05) is 18.2 Å². The van der Waals surface area contributed by atoms with Gasteiger partial charge < -0.3 is 4.74 Å². The van der Waals surface area contributed by atoms with Gasteiger partial charge in [0.2, 0.25) is 10.0 Å². The van der Waals surface area contributed by atoms with Crippen LogP contribution in [-0.4, -0.2) is 24.7 Å². The van der Waals surface area contributed by atoms with Crippen molar-refractivity contribution in [3.63, 3.8) is 0 Å². The van der Waals surface area contributed by atoms with Crippen LogP contribution in [0.4, 0.5) is 0 Å². The summed E-state index contributed by atoms with van der Waals surface area (Å²) < 4.78 is 34.7. The van der Waals surface area contributed by atoms with Crippen molar-refractivity contribution in [3.05, 3.63) is 107 Å².